The number of carbonyl (C=O) groups excluding carboxylic acids is 1. The van der Waals surface area contributed by atoms with Crippen LogP contribution in [0.2, 0.25) is 0 Å². The summed E-state index contributed by atoms with van der Waals surface area (Å²) in [5.74, 6) is -0.152. The molecule has 146 valence electrons. The Morgan fingerprint density at radius 3 is 2.79 bits per heavy atom. The van der Waals surface area contributed by atoms with E-state index in [-0.39, 0.29) is 5.91 Å². The van der Waals surface area contributed by atoms with E-state index in [0.29, 0.717) is 17.9 Å². The Labute approximate surface area is 164 Å². The maximum Gasteiger partial charge on any atom is 0.271 e. The predicted molar refractivity (Wildman–Crippen MR) is 107 cm³/mol. The van der Waals surface area contributed by atoms with Gasteiger partial charge in [-0.1, -0.05) is 29.8 Å². The average molecular weight is 379 g/mol. The Balaban J connectivity index is 1.41. The molecule has 2 aromatic heterocycles. The maximum atomic E-state index is 12.5. The highest BCUT2D eigenvalue weighted by Gasteiger charge is 2.15. The number of hydrogen-bond donors (Lipinski definition) is 1. The summed E-state index contributed by atoms with van der Waals surface area (Å²) in [6, 6.07) is 8.15. The minimum Gasteiger partial charge on any atom is -0.379 e. The summed E-state index contributed by atoms with van der Waals surface area (Å²) in [4.78, 5) is 23.9. The summed E-state index contributed by atoms with van der Waals surface area (Å²) < 4.78 is 7.20. The molecule has 0 saturated carbocycles. The summed E-state index contributed by atoms with van der Waals surface area (Å²) in [5, 5.41) is 2.97. The lowest BCUT2D eigenvalue weighted by atomic mass is 10.1. The molecule has 4 rings (SSSR count). The molecule has 3 aromatic rings. The van der Waals surface area contributed by atoms with Crippen LogP contribution in [0.5, 0.6) is 0 Å². The van der Waals surface area contributed by atoms with Crippen LogP contribution in [0.1, 0.15) is 22.5 Å². The lowest BCUT2D eigenvalue weighted by Gasteiger charge is -2.26. The number of carbonyl (C=O) groups is 1. The van der Waals surface area contributed by atoms with Crippen molar-refractivity contribution >= 4 is 11.6 Å². The second kappa shape index (κ2) is 8.50. The van der Waals surface area contributed by atoms with Crippen molar-refractivity contribution in [3.63, 3.8) is 0 Å². The van der Waals surface area contributed by atoms with Gasteiger partial charge in [-0.3, -0.25) is 14.7 Å². The highest BCUT2D eigenvalue weighted by Crippen LogP contribution is 2.22. The Kier molecular flexibility index (Phi) is 5.64. The van der Waals surface area contributed by atoms with Crippen LogP contribution in [0.25, 0.3) is 16.9 Å². The summed E-state index contributed by atoms with van der Waals surface area (Å²) in [6.07, 6.45) is 6.21. The van der Waals surface area contributed by atoms with E-state index in [4.69, 9.17) is 4.74 Å². The molecule has 7 heteroatoms. The second-order valence-corrected chi connectivity index (χ2v) is 7.06. The van der Waals surface area contributed by atoms with E-state index in [0.717, 1.165) is 50.5 Å². The largest absolute Gasteiger partial charge is 0.379 e. The van der Waals surface area contributed by atoms with Crippen LogP contribution < -0.4 is 5.32 Å². The minimum atomic E-state index is -0.152. The first-order valence-corrected chi connectivity index (χ1v) is 9.70. The van der Waals surface area contributed by atoms with Gasteiger partial charge < -0.3 is 14.5 Å². The molecule has 1 aliphatic heterocycles. The number of ether oxygens (including phenoxy) is 1. The number of benzene rings is 1. The molecule has 0 radical (unpaired) electrons. The maximum absolute atomic E-state index is 12.5. The molecule has 3 heterocycles. The van der Waals surface area contributed by atoms with Crippen LogP contribution >= 0.6 is 0 Å². The van der Waals surface area contributed by atoms with Crippen LogP contribution in [0, 0.1) is 6.92 Å². The Hall–Kier alpha value is -2.77. The van der Waals surface area contributed by atoms with Crippen molar-refractivity contribution in [3.8, 4) is 11.3 Å². The minimum absolute atomic E-state index is 0.152. The van der Waals surface area contributed by atoms with Gasteiger partial charge >= 0.3 is 0 Å². The van der Waals surface area contributed by atoms with Gasteiger partial charge in [-0.05, 0) is 19.9 Å². The van der Waals surface area contributed by atoms with E-state index in [2.05, 4.69) is 27.1 Å². The number of aromatic nitrogens is 3. The van der Waals surface area contributed by atoms with E-state index in [1.165, 1.54) is 5.56 Å². The van der Waals surface area contributed by atoms with Crippen LogP contribution in [0.3, 0.4) is 0 Å². The SMILES string of the molecule is Cc1ccc(-c2nccn3cc(C(=O)NCCCN4CCOCC4)nc23)cc1. The van der Waals surface area contributed by atoms with Gasteiger partial charge in [0.1, 0.15) is 11.4 Å². The van der Waals surface area contributed by atoms with Crippen LogP contribution in [0.15, 0.2) is 42.9 Å². The van der Waals surface area contributed by atoms with Gasteiger partial charge in [0, 0.05) is 43.8 Å². The van der Waals surface area contributed by atoms with Crippen molar-refractivity contribution < 1.29 is 9.53 Å². The average Bonchev–Trinajstić information content (AvgIpc) is 3.17. The summed E-state index contributed by atoms with van der Waals surface area (Å²) in [5.41, 5.74) is 4.04. The molecule has 0 unspecified atom stereocenters. The van der Waals surface area contributed by atoms with E-state index < -0.39 is 0 Å². The molecule has 1 saturated heterocycles. The van der Waals surface area contributed by atoms with Gasteiger partial charge in [-0.15, -0.1) is 0 Å². The highest BCUT2D eigenvalue weighted by molar-refractivity contribution is 5.93. The van der Waals surface area contributed by atoms with Gasteiger partial charge in [0.15, 0.2) is 5.65 Å². The summed E-state index contributed by atoms with van der Waals surface area (Å²) >= 11 is 0. The Morgan fingerprint density at radius 1 is 1.21 bits per heavy atom. The van der Waals surface area contributed by atoms with Crippen molar-refractivity contribution in [1.29, 1.82) is 0 Å². The number of nitrogens with zero attached hydrogens (tertiary/aromatic N) is 4. The number of rotatable bonds is 6. The number of fused-ring (bicyclic) bond motifs is 1. The third-order valence-corrected chi connectivity index (χ3v) is 4.97. The fourth-order valence-corrected chi connectivity index (χ4v) is 3.36. The second-order valence-electron chi connectivity index (χ2n) is 7.06. The van der Waals surface area contributed by atoms with Crippen LogP contribution in [-0.4, -0.2) is 64.6 Å². The number of amides is 1. The zero-order valence-corrected chi connectivity index (χ0v) is 16.1. The topological polar surface area (TPSA) is 71.8 Å². The quantitative estimate of drug-likeness (QED) is 0.665. The van der Waals surface area contributed by atoms with Gasteiger partial charge in [-0.25, -0.2) is 4.98 Å². The Morgan fingerprint density at radius 2 is 2.00 bits per heavy atom. The standard InChI is InChI=1S/C21H25N5O2/c1-16-3-5-17(6-4-16)19-20-24-18(15-26(20)10-8-22-19)21(27)23-7-2-9-25-11-13-28-14-12-25/h3-6,8,10,15H,2,7,9,11-14H2,1H3,(H,23,27). The molecule has 0 atom stereocenters. The van der Waals surface area contributed by atoms with Crippen LogP contribution in [0.4, 0.5) is 0 Å². The number of hydrogen-bond acceptors (Lipinski definition) is 5. The molecule has 1 N–H and O–H groups in total. The van der Waals surface area contributed by atoms with Crippen molar-refractivity contribution in [2.24, 2.45) is 0 Å². The van der Waals surface area contributed by atoms with E-state index in [9.17, 15) is 4.79 Å². The highest BCUT2D eigenvalue weighted by atomic mass is 16.5. The molecule has 1 fully saturated rings. The zero-order chi connectivity index (χ0) is 19.3. The summed E-state index contributed by atoms with van der Waals surface area (Å²) in [6.45, 7) is 7.18. The number of aryl methyl sites for hydroxylation is 1. The van der Waals surface area contributed by atoms with Crippen molar-refractivity contribution in [3.05, 3.63) is 54.1 Å². The zero-order valence-electron chi connectivity index (χ0n) is 16.1. The molecular weight excluding hydrogens is 354 g/mol. The summed E-state index contributed by atoms with van der Waals surface area (Å²) in [7, 11) is 0. The Bertz CT molecular complexity index is 945. The van der Waals surface area contributed by atoms with Gasteiger partial charge in [0.2, 0.25) is 0 Å². The van der Waals surface area contributed by atoms with Crippen molar-refractivity contribution in [2.45, 2.75) is 13.3 Å². The fourth-order valence-electron chi connectivity index (χ4n) is 3.36. The number of imidazole rings is 1. The lowest BCUT2D eigenvalue weighted by Crippen LogP contribution is -2.38. The molecule has 7 nitrogen and oxygen atoms in total. The molecule has 1 aromatic carbocycles. The third kappa shape index (κ3) is 4.21. The van der Waals surface area contributed by atoms with Crippen molar-refractivity contribution in [2.75, 3.05) is 39.4 Å². The normalized spacial score (nSPS) is 15.0. The smallest absolute Gasteiger partial charge is 0.271 e. The third-order valence-electron chi connectivity index (χ3n) is 4.97. The lowest BCUT2D eigenvalue weighted by molar-refractivity contribution is 0.0374. The first-order chi connectivity index (χ1) is 13.7. The van der Waals surface area contributed by atoms with Crippen molar-refractivity contribution in [1.82, 2.24) is 24.6 Å². The molecule has 0 spiro atoms. The molecule has 0 aliphatic carbocycles. The van der Waals surface area contributed by atoms with Gasteiger partial charge in [-0.2, -0.15) is 0 Å². The fraction of sp³-hybridized carbons (Fsp3) is 0.381. The van der Waals surface area contributed by atoms with E-state index in [1.807, 2.05) is 34.9 Å². The monoisotopic (exact) mass is 379 g/mol. The number of morpholine rings is 1. The first-order valence-electron chi connectivity index (χ1n) is 9.70. The first kappa shape index (κ1) is 18.6. The van der Waals surface area contributed by atoms with Gasteiger partial charge in [0.05, 0.1) is 13.2 Å². The van der Waals surface area contributed by atoms with E-state index in [1.54, 1.807) is 12.4 Å². The van der Waals surface area contributed by atoms with E-state index >= 15 is 0 Å². The molecule has 0 bridgehead atoms. The van der Waals surface area contributed by atoms with Gasteiger partial charge in [0.25, 0.3) is 5.91 Å². The van der Waals surface area contributed by atoms with Crippen LogP contribution in [-0.2, 0) is 4.74 Å². The number of nitrogens with one attached hydrogen (secondary N) is 1. The molecular formula is C21H25N5O2. The molecule has 28 heavy (non-hydrogen) atoms. The molecule has 1 amide bonds. The molecule has 1 aliphatic rings. The predicted octanol–water partition coefficient (Wildman–Crippen LogP) is 2.16.